The standard InChI is InChI=1S/C24H30O14S2.2C19H18P/c25-19(15-37-23(27)17-3-7-21(8-4-17)39(29,30)31)13-35-11-1-2-12-36-14-20(26)16-38-24(28)18-5-9-22(10-6-18)40(32,33)34;2*1-20(17-11-5-2-6-12-17,18-13-7-3-8-14-18)19-15-9-4-10-16-19/h3-10,19-20,25-26H,1-2,11-16H2,(H,29,30,31)(H,32,33,34);2*2-16H,1H3/q;2*+1/p-2. The zero-order valence-corrected chi connectivity index (χ0v) is 47.7. The van der Waals surface area contributed by atoms with Gasteiger partial charge in [0.1, 0.15) is 92.0 Å². The Bertz CT molecular complexity index is 2930. The second-order valence-electron chi connectivity index (χ2n) is 18.3. The maximum atomic E-state index is 11.9. The number of aliphatic hydroxyl groups excluding tert-OH is 2. The van der Waals surface area contributed by atoms with E-state index in [4.69, 9.17) is 18.9 Å². The molecule has 0 aliphatic heterocycles. The molecular weight excluding hydrogens is 1090 g/mol. The van der Waals surface area contributed by atoms with Gasteiger partial charge in [-0.2, -0.15) is 0 Å². The fourth-order valence-electron chi connectivity index (χ4n) is 8.22. The smallest absolute Gasteiger partial charge is 0.338 e. The van der Waals surface area contributed by atoms with Crippen LogP contribution in [0.5, 0.6) is 0 Å². The van der Waals surface area contributed by atoms with Crippen LogP contribution < -0.4 is 31.8 Å². The molecule has 2 unspecified atom stereocenters. The Morgan fingerprint density at radius 1 is 0.388 bits per heavy atom. The molecule has 2 atom stereocenters. The van der Waals surface area contributed by atoms with E-state index in [1.807, 2.05) is 0 Å². The van der Waals surface area contributed by atoms with Crippen LogP contribution in [0.15, 0.2) is 240 Å². The van der Waals surface area contributed by atoms with Crippen molar-refractivity contribution >= 4 is 78.5 Å². The summed E-state index contributed by atoms with van der Waals surface area (Å²) in [5.74, 6) is -1.62. The molecule has 14 nitrogen and oxygen atoms in total. The van der Waals surface area contributed by atoms with Crippen LogP contribution >= 0.6 is 14.5 Å². The summed E-state index contributed by atoms with van der Waals surface area (Å²) in [6.07, 6.45) is -1.09. The lowest BCUT2D eigenvalue weighted by atomic mass is 10.2. The van der Waals surface area contributed by atoms with Crippen LogP contribution in [0.1, 0.15) is 33.6 Å². The first kappa shape index (κ1) is 62.4. The number of carbonyl (C=O) groups excluding carboxylic acids is 2. The Kier molecular flexibility index (Phi) is 24.0. The predicted octanol–water partition coefficient (Wildman–Crippen LogP) is 7.26. The van der Waals surface area contributed by atoms with Crippen molar-refractivity contribution in [3.05, 3.63) is 242 Å². The molecule has 8 aromatic carbocycles. The minimum atomic E-state index is -4.63. The van der Waals surface area contributed by atoms with Gasteiger partial charge in [0.2, 0.25) is 0 Å². The summed E-state index contributed by atoms with van der Waals surface area (Å²) in [6.45, 7) is 4.42. The van der Waals surface area contributed by atoms with Gasteiger partial charge in [0.15, 0.2) is 0 Å². The number of hydrogen-bond acceptors (Lipinski definition) is 14. The second kappa shape index (κ2) is 30.7. The van der Waals surface area contributed by atoms with Gasteiger partial charge in [-0.15, -0.1) is 0 Å². The van der Waals surface area contributed by atoms with Crippen LogP contribution in [0, 0.1) is 0 Å². The molecule has 0 saturated heterocycles. The van der Waals surface area contributed by atoms with E-state index in [9.17, 15) is 45.7 Å². The molecule has 0 radical (unpaired) electrons. The topological polar surface area (TPSA) is 226 Å². The number of carbonyl (C=O) groups is 2. The lowest BCUT2D eigenvalue weighted by Crippen LogP contribution is -2.30. The molecule has 0 aliphatic carbocycles. The van der Waals surface area contributed by atoms with Gasteiger partial charge < -0.3 is 38.3 Å². The van der Waals surface area contributed by atoms with E-state index in [0.717, 1.165) is 48.5 Å². The molecular formula is C62H64O14P2S2. The van der Waals surface area contributed by atoms with Crippen molar-refractivity contribution in [1.82, 2.24) is 0 Å². The summed E-state index contributed by atoms with van der Waals surface area (Å²) in [5, 5.41) is 28.3. The number of aliphatic hydroxyl groups is 2. The van der Waals surface area contributed by atoms with E-state index in [1.165, 1.54) is 31.8 Å². The molecule has 0 bridgehead atoms. The summed E-state index contributed by atoms with van der Waals surface area (Å²) in [6, 6.07) is 73.7. The van der Waals surface area contributed by atoms with Gasteiger partial charge >= 0.3 is 11.9 Å². The summed E-state index contributed by atoms with van der Waals surface area (Å²) in [4.78, 5) is 22.9. The molecule has 18 heteroatoms. The van der Waals surface area contributed by atoms with Crippen LogP contribution in [-0.4, -0.2) is 113 Å². The fraction of sp³-hybridized carbons (Fsp3) is 0.194. The maximum absolute atomic E-state index is 11.9. The number of unbranched alkanes of at least 4 members (excludes halogenated alkanes) is 1. The quantitative estimate of drug-likeness (QED) is 0.0278. The van der Waals surface area contributed by atoms with Crippen molar-refractivity contribution in [1.29, 1.82) is 0 Å². The number of hydrogen-bond donors (Lipinski definition) is 2. The molecule has 0 aliphatic rings. The van der Waals surface area contributed by atoms with Gasteiger partial charge in [0, 0.05) is 13.2 Å². The van der Waals surface area contributed by atoms with Gasteiger partial charge in [0.05, 0.1) is 47.5 Å². The minimum Gasteiger partial charge on any atom is -0.744 e. The number of rotatable bonds is 23. The fourth-order valence-corrected chi connectivity index (χ4v) is 15.6. The highest BCUT2D eigenvalue weighted by atomic mass is 32.2. The summed E-state index contributed by atoms with van der Waals surface area (Å²) in [7, 11) is -12.3. The highest BCUT2D eigenvalue weighted by Crippen LogP contribution is 2.52. The second-order valence-corrected chi connectivity index (χ2v) is 28.2. The van der Waals surface area contributed by atoms with Crippen molar-refractivity contribution in [3.8, 4) is 0 Å². The normalized spacial score (nSPS) is 12.3. The molecule has 0 heterocycles. The van der Waals surface area contributed by atoms with Crippen LogP contribution in [0.2, 0.25) is 0 Å². The van der Waals surface area contributed by atoms with Gasteiger partial charge in [0.25, 0.3) is 0 Å². The lowest BCUT2D eigenvalue weighted by Gasteiger charge is -2.22. The predicted molar refractivity (Wildman–Crippen MR) is 314 cm³/mol. The highest BCUT2D eigenvalue weighted by Gasteiger charge is 2.41. The highest BCUT2D eigenvalue weighted by molar-refractivity contribution is 7.95. The average molecular weight is 1160 g/mol. The first-order valence-corrected chi connectivity index (χ1v) is 32.7. The summed E-state index contributed by atoms with van der Waals surface area (Å²) < 4.78 is 85.8. The van der Waals surface area contributed by atoms with E-state index in [1.54, 1.807) is 0 Å². The first-order valence-electron chi connectivity index (χ1n) is 25.4. The molecule has 8 aromatic rings. The van der Waals surface area contributed by atoms with Gasteiger partial charge in [-0.3, -0.25) is 0 Å². The van der Waals surface area contributed by atoms with Crippen molar-refractivity contribution in [3.63, 3.8) is 0 Å². The largest absolute Gasteiger partial charge is 0.744 e. The molecule has 0 aromatic heterocycles. The monoisotopic (exact) mass is 1160 g/mol. The van der Waals surface area contributed by atoms with Crippen LogP contribution in [0.4, 0.5) is 0 Å². The summed E-state index contributed by atoms with van der Waals surface area (Å²) in [5.41, 5.74) is 0.0182. The van der Waals surface area contributed by atoms with E-state index < -0.39 is 68.7 Å². The van der Waals surface area contributed by atoms with E-state index in [2.05, 4.69) is 195 Å². The Morgan fingerprint density at radius 3 is 0.825 bits per heavy atom. The third kappa shape index (κ3) is 18.4. The zero-order valence-electron chi connectivity index (χ0n) is 44.3. The van der Waals surface area contributed by atoms with Crippen LogP contribution in [0.3, 0.4) is 0 Å². The van der Waals surface area contributed by atoms with E-state index >= 15 is 0 Å². The van der Waals surface area contributed by atoms with E-state index in [-0.39, 0.29) is 50.8 Å². The van der Waals surface area contributed by atoms with Crippen LogP contribution in [0.25, 0.3) is 0 Å². The van der Waals surface area contributed by atoms with Gasteiger partial charge in [-0.25, -0.2) is 26.4 Å². The maximum Gasteiger partial charge on any atom is 0.338 e. The van der Waals surface area contributed by atoms with Crippen molar-refractivity contribution in [2.24, 2.45) is 0 Å². The molecule has 418 valence electrons. The Morgan fingerprint density at radius 2 is 0.613 bits per heavy atom. The number of benzene rings is 8. The van der Waals surface area contributed by atoms with Crippen molar-refractivity contribution < 1.29 is 64.7 Å². The SMILES string of the molecule is C[P+](c1ccccc1)(c1ccccc1)c1ccccc1.C[P+](c1ccccc1)(c1ccccc1)c1ccccc1.O=C(OCC(O)COCCCCOCC(O)COC(=O)c1ccc(S(=O)(=O)[O-])cc1)c1ccc(S(=O)(=O)[O-])cc1. The summed E-state index contributed by atoms with van der Waals surface area (Å²) >= 11 is 0. The molecule has 2 N–H and O–H groups in total. The molecule has 8 rings (SSSR count). The Hall–Kier alpha value is -6.78. The first-order chi connectivity index (χ1) is 38.4. The average Bonchev–Trinajstić information content (AvgIpc) is 3.50. The third-order valence-electron chi connectivity index (χ3n) is 12.7. The minimum absolute atomic E-state index is 0.00909. The molecule has 0 spiro atoms. The molecule has 0 amide bonds. The number of ether oxygens (including phenoxy) is 4. The zero-order chi connectivity index (χ0) is 57.4. The van der Waals surface area contributed by atoms with Crippen molar-refractivity contribution in [2.45, 2.75) is 34.8 Å². The lowest BCUT2D eigenvalue weighted by molar-refractivity contribution is -0.0182. The number of esters is 2. The molecule has 80 heavy (non-hydrogen) atoms. The molecule has 0 fully saturated rings. The van der Waals surface area contributed by atoms with Crippen LogP contribution in [-0.2, 0) is 39.2 Å². The van der Waals surface area contributed by atoms with Gasteiger partial charge in [-0.1, -0.05) is 109 Å². The Labute approximate surface area is 470 Å². The third-order valence-corrected chi connectivity index (χ3v) is 22.3. The molecule has 0 saturated carbocycles. The van der Waals surface area contributed by atoms with E-state index in [0.29, 0.717) is 12.8 Å². The van der Waals surface area contributed by atoms with Gasteiger partial charge in [-0.05, 0) is 134 Å². The van der Waals surface area contributed by atoms with Crippen molar-refractivity contribution in [2.75, 3.05) is 53.0 Å². The Balaban J connectivity index is 0.000000214.